The van der Waals surface area contributed by atoms with Crippen molar-refractivity contribution in [2.45, 2.75) is 37.2 Å². The Morgan fingerprint density at radius 2 is 1.85 bits per heavy atom. The number of carbonyl (C=O) groups excluding carboxylic acids is 1. The number of amides is 1. The summed E-state index contributed by atoms with van der Waals surface area (Å²) in [5.74, 6) is -7.77. The van der Waals surface area contributed by atoms with Gasteiger partial charge in [-0.2, -0.15) is 50.4 Å². The van der Waals surface area contributed by atoms with Crippen LogP contribution < -0.4 is 10.6 Å². The first-order chi connectivity index (χ1) is 15.2. The Morgan fingerprint density at radius 1 is 1.21 bits per heavy atom. The van der Waals surface area contributed by atoms with Crippen LogP contribution in [0.15, 0.2) is 29.4 Å². The molecule has 3 N–H and O–H groups in total. The topological polar surface area (TPSA) is 113 Å². The van der Waals surface area contributed by atoms with E-state index in [1.54, 1.807) is 0 Å². The van der Waals surface area contributed by atoms with Crippen LogP contribution in [-0.4, -0.2) is 37.7 Å². The highest BCUT2D eigenvalue weighted by molar-refractivity contribution is 5.93. The van der Waals surface area contributed by atoms with Crippen molar-refractivity contribution in [2.75, 3.05) is 5.32 Å². The van der Waals surface area contributed by atoms with Crippen LogP contribution in [0.3, 0.4) is 0 Å². The number of halogens is 8. The number of hydrogen-bond acceptors (Lipinski definition) is 6. The molecule has 9 nitrogen and oxygen atoms in total. The third kappa shape index (κ3) is 4.80. The molecule has 0 aromatic carbocycles. The van der Waals surface area contributed by atoms with E-state index >= 15 is 0 Å². The standard InChI is InChI=1S/C16H14F8N8O/c1-31-13(10(15(19,20)21)11(30-31)14(17,18)16(22,23)24)32-6-8(4-27-32)26-5-9(29-25)12(33)28-7-2-3-7/h4-7,25-26H,2-3H2,1H3,(H,28,33)/b9-5-,29-25?. The zero-order valence-electron chi connectivity index (χ0n) is 16.4. The molecule has 33 heavy (non-hydrogen) atoms. The van der Waals surface area contributed by atoms with Crippen molar-refractivity contribution in [1.82, 2.24) is 24.9 Å². The van der Waals surface area contributed by atoms with E-state index in [1.165, 1.54) is 0 Å². The molecule has 1 fully saturated rings. The van der Waals surface area contributed by atoms with Gasteiger partial charge in [0.2, 0.25) is 0 Å². The molecule has 1 saturated carbocycles. The first kappa shape index (κ1) is 24.1. The summed E-state index contributed by atoms with van der Waals surface area (Å²) in [6.45, 7) is 0. The lowest BCUT2D eigenvalue weighted by Gasteiger charge is -2.19. The fraction of sp³-hybridized carbons (Fsp3) is 0.438. The van der Waals surface area contributed by atoms with E-state index in [4.69, 9.17) is 5.53 Å². The van der Waals surface area contributed by atoms with Crippen LogP contribution in [0, 0.1) is 5.53 Å². The molecule has 2 aromatic rings. The van der Waals surface area contributed by atoms with Crippen LogP contribution >= 0.6 is 0 Å². The summed E-state index contributed by atoms with van der Waals surface area (Å²) in [4.78, 5) is 11.9. The summed E-state index contributed by atoms with van der Waals surface area (Å²) < 4.78 is 107. The van der Waals surface area contributed by atoms with Crippen LogP contribution in [0.1, 0.15) is 24.1 Å². The first-order valence-electron chi connectivity index (χ1n) is 8.96. The number of hydrogen-bond donors (Lipinski definition) is 3. The molecule has 1 amide bonds. The van der Waals surface area contributed by atoms with E-state index in [1.807, 2.05) is 0 Å². The van der Waals surface area contributed by atoms with Crippen LogP contribution in [0.25, 0.3) is 5.82 Å². The molecule has 0 aliphatic heterocycles. The van der Waals surface area contributed by atoms with Gasteiger partial charge >= 0.3 is 18.3 Å². The van der Waals surface area contributed by atoms with Crippen LogP contribution in [-0.2, 0) is 23.9 Å². The smallest absolute Gasteiger partial charge is 0.357 e. The summed E-state index contributed by atoms with van der Waals surface area (Å²) >= 11 is 0. The van der Waals surface area contributed by atoms with Crippen molar-refractivity contribution < 1.29 is 39.9 Å². The predicted molar refractivity (Wildman–Crippen MR) is 93.3 cm³/mol. The second kappa shape index (κ2) is 8.11. The minimum Gasteiger partial charge on any atom is -0.357 e. The third-order valence-electron chi connectivity index (χ3n) is 4.39. The maximum Gasteiger partial charge on any atom is 0.459 e. The average Bonchev–Trinajstić information content (AvgIpc) is 3.23. The minimum atomic E-state index is -6.32. The number of alkyl halides is 8. The van der Waals surface area contributed by atoms with Gasteiger partial charge in [-0.15, -0.1) is 0 Å². The molecule has 3 rings (SSSR count). The third-order valence-corrected chi connectivity index (χ3v) is 4.39. The van der Waals surface area contributed by atoms with Crippen LogP contribution in [0.4, 0.5) is 40.8 Å². The van der Waals surface area contributed by atoms with Gasteiger partial charge in [-0.1, -0.05) is 0 Å². The van der Waals surface area contributed by atoms with Gasteiger partial charge in [-0.25, -0.2) is 14.9 Å². The Balaban J connectivity index is 1.97. The van der Waals surface area contributed by atoms with E-state index in [0.717, 1.165) is 38.5 Å². The van der Waals surface area contributed by atoms with Gasteiger partial charge in [0.15, 0.2) is 17.2 Å². The predicted octanol–water partition coefficient (Wildman–Crippen LogP) is 3.84. The number of anilines is 1. The lowest BCUT2D eigenvalue weighted by atomic mass is 10.1. The second-order valence-electron chi connectivity index (χ2n) is 6.95. The number of rotatable bonds is 7. The number of aryl methyl sites for hydroxylation is 1. The van der Waals surface area contributed by atoms with E-state index in [2.05, 4.69) is 25.9 Å². The van der Waals surface area contributed by atoms with E-state index in [-0.39, 0.29) is 22.1 Å². The molecule has 0 spiro atoms. The first-order valence-corrected chi connectivity index (χ1v) is 8.96. The maximum absolute atomic E-state index is 13.8. The summed E-state index contributed by atoms with van der Waals surface area (Å²) in [5, 5.41) is 14.3. The molecule has 1 aliphatic carbocycles. The van der Waals surface area contributed by atoms with Gasteiger partial charge < -0.3 is 10.6 Å². The highest BCUT2D eigenvalue weighted by atomic mass is 19.4. The highest BCUT2D eigenvalue weighted by Crippen LogP contribution is 2.49. The number of aromatic nitrogens is 4. The Kier molecular flexibility index (Phi) is 5.93. The van der Waals surface area contributed by atoms with Gasteiger partial charge in [0.25, 0.3) is 5.91 Å². The van der Waals surface area contributed by atoms with Gasteiger partial charge in [0.05, 0.1) is 18.1 Å². The van der Waals surface area contributed by atoms with Gasteiger partial charge in [0, 0.05) is 19.3 Å². The Morgan fingerprint density at radius 3 is 2.36 bits per heavy atom. The monoisotopic (exact) mass is 486 g/mol. The zero-order valence-corrected chi connectivity index (χ0v) is 16.4. The van der Waals surface area contributed by atoms with E-state index in [9.17, 15) is 39.9 Å². The molecular formula is C16H14F8N8O. The van der Waals surface area contributed by atoms with Crippen molar-refractivity contribution in [3.05, 3.63) is 35.5 Å². The molecule has 1 aliphatic rings. The van der Waals surface area contributed by atoms with Crippen molar-refractivity contribution >= 4 is 11.6 Å². The van der Waals surface area contributed by atoms with Gasteiger partial charge in [-0.05, 0) is 12.8 Å². The Labute approximate surface area is 178 Å². The molecule has 0 radical (unpaired) electrons. The van der Waals surface area contributed by atoms with Crippen molar-refractivity contribution in [2.24, 2.45) is 12.2 Å². The summed E-state index contributed by atoms with van der Waals surface area (Å²) in [5.41, 5.74) is 1.73. The zero-order chi connectivity index (χ0) is 24.8. The Bertz CT molecular complexity index is 1090. The lowest BCUT2D eigenvalue weighted by Crippen LogP contribution is -2.36. The summed E-state index contributed by atoms with van der Waals surface area (Å²) in [7, 11) is 0.745. The number of carbonyl (C=O) groups is 1. The second-order valence-corrected chi connectivity index (χ2v) is 6.95. The largest absolute Gasteiger partial charge is 0.459 e. The fourth-order valence-electron chi connectivity index (χ4n) is 2.69. The van der Waals surface area contributed by atoms with E-state index in [0.29, 0.717) is 4.68 Å². The highest BCUT2D eigenvalue weighted by Gasteiger charge is 2.64. The molecule has 2 heterocycles. The van der Waals surface area contributed by atoms with Crippen LogP contribution in [0.5, 0.6) is 0 Å². The fourth-order valence-corrected chi connectivity index (χ4v) is 2.69. The molecular weight excluding hydrogens is 472 g/mol. The summed E-state index contributed by atoms with van der Waals surface area (Å²) in [6.07, 6.45) is -7.74. The molecule has 0 atom stereocenters. The molecule has 0 unspecified atom stereocenters. The molecule has 0 saturated heterocycles. The molecule has 17 heteroatoms. The van der Waals surface area contributed by atoms with Crippen molar-refractivity contribution in [1.29, 1.82) is 5.53 Å². The van der Waals surface area contributed by atoms with E-state index < -0.39 is 41.3 Å². The molecule has 2 aromatic heterocycles. The normalized spacial score (nSPS) is 15.5. The van der Waals surface area contributed by atoms with Crippen LogP contribution in [0.2, 0.25) is 0 Å². The molecule has 180 valence electrons. The number of nitrogens with one attached hydrogen (secondary N) is 3. The maximum atomic E-state index is 13.8. The van der Waals surface area contributed by atoms with Crippen molar-refractivity contribution in [3.8, 4) is 5.82 Å². The minimum absolute atomic E-state index is 0.0416. The quantitative estimate of drug-likeness (QED) is 0.314. The Hall–Kier alpha value is -3.53. The van der Waals surface area contributed by atoms with Crippen molar-refractivity contribution in [3.63, 3.8) is 0 Å². The average molecular weight is 486 g/mol. The SMILES string of the molecule is Cn1nc(C(F)(F)C(F)(F)F)c(C(F)(F)F)c1-n1cc(N/C=C(\N=N)C(=O)NC2CC2)cn1. The van der Waals surface area contributed by atoms with Gasteiger partial charge in [-0.3, -0.25) is 4.79 Å². The number of nitrogens with zero attached hydrogens (tertiary/aromatic N) is 5. The summed E-state index contributed by atoms with van der Waals surface area (Å²) in [6, 6.07) is -0.0416. The van der Waals surface area contributed by atoms with Gasteiger partial charge in [0.1, 0.15) is 5.56 Å². The molecule has 0 bridgehead atoms. The lowest BCUT2D eigenvalue weighted by molar-refractivity contribution is -0.292.